The van der Waals surface area contributed by atoms with Crippen LogP contribution >= 0.6 is 12.4 Å². The molecule has 2 aliphatic heterocycles. The quantitative estimate of drug-likeness (QED) is 0.718. The third-order valence-electron chi connectivity index (χ3n) is 3.75. The summed E-state index contributed by atoms with van der Waals surface area (Å²) in [6.07, 6.45) is 0.978. The first-order valence-corrected chi connectivity index (χ1v) is 6.57. The molecule has 2 heterocycles. The molecule has 0 aromatic carbocycles. The van der Waals surface area contributed by atoms with Crippen LogP contribution < -0.4 is 5.73 Å². The van der Waals surface area contributed by atoms with E-state index in [0.29, 0.717) is 32.7 Å². The number of hydrogen-bond donors (Lipinski definition) is 1. The number of hydrogen-bond acceptors (Lipinski definition) is 4. The second-order valence-electron chi connectivity index (χ2n) is 5.17. The van der Waals surface area contributed by atoms with Crippen molar-refractivity contribution >= 4 is 24.2 Å². The molecule has 0 bridgehead atoms. The lowest BCUT2D eigenvalue weighted by molar-refractivity contribution is -0.139. The first-order valence-electron chi connectivity index (χ1n) is 6.57. The van der Waals surface area contributed by atoms with Gasteiger partial charge in [-0.1, -0.05) is 0 Å². The number of carbonyl (C=O) groups excluding carboxylic acids is 2. The van der Waals surface area contributed by atoms with E-state index >= 15 is 0 Å². The average Bonchev–Trinajstić information content (AvgIpc) is 2.75. The molecule has 2 rings (SSSR count). The minimum Gasteiger partial charge on any atom is -0.339 e. The molecule has 0 unspecified atom stereocenters. The van der Waals surface area contributed by atoms with Crippen molar-refractivity contribution in [2.45, 2.75) is 19.4 Å². The van der Waals surface area contributed by atoms with Crippen LogP contribution in [0, 0.1) is 0 Å². The molecule has 0 aromatic rings. The van der Waals surface area contributed by atoms with Crippen LogP contribution in [-0.4, -0.2) is 78.4 Å². The van der Waals surface area contributed by atoms with E-state index in [1.807, 2.05) is 4.90 Å². The fourth-order valence-corrected chi connectivity index (χ4v) is 2.57. The molecule has 2 saturated heterocycles. The number of likely N-dealkylation sites (tertiary alicyclic amines) is 1. The van der Waals surface area contributed by atoms with Crippen LogP contribution in [0.1, 0.15) is 13.3 Å². The van der Waals surface area contributed by atoms with E-state index in [0.717, 1.165) is 19.5 Å². The topological polar surface area (TPSA) is 69.9 Å². The van der Waals surface area contributed by atoms with E-state index < -0.39 is 0 Å². The van der Waals surface area contributed by atoms with Crippen molar-refractivity contribution in [2.75, 3.05) is 45.8 Å². The van der Waals surface area contributed by atoms with Crippen LogP contribution in [0.4, 0.5) is 0 Å². The van der Waals surface area contributed by atoms with Crippen LogP contribution in [0.3, 0.4) is 0 Å². The van der Waals surface area contributed by atoms with Gasteiger partial charge >= 0.3 is 0 Å². The van der Waals surface area contributed by atoms with Gasteiger partial charge in [-0.25, -0.2) is 0 Å². The van der Waals surface area contributed by atoms with E-state index in [1.54, 1.807) is 11.8 Å². The third-order valence-corrected chi connectivity index (χ3v) is 3.75. The predicted molar refractivity (Wildman–Crippen MR) is 75.1 cm³/mol. The molecule has 0 spiro atoms. The maximum Gasteiger partial charge on any atom is 0.236 e. The molecule has 19 heavy (non-hydrogen) atoms. The van der Waals surface area contributed by atoms with Gasteiger partial charge in [-0.15, -0.1) is 12.4 Å². The van der Waals surface area contributed by atoms with Gasteiger partial charge in [0.15, 0.2) is 0 Å². The normalized spacial score (nSPS) is 24.2. The molecule has 2 amide bonds. The molecular formula is C12H23ClN4O2. The zero-order chi connectivity index (χ0) is 13.1. The minimum absolute atomic E-state index is 0. The number of amides is 2. The lowest BCUT2D eigenvalue weighted by atomic mass is 10.3. The molecule has 2 aliphatic rings. The van der Waals surface area contributed by atoms with Crippen LogP contribution in [0.5, 0.6) is 0 Å². The Hall–Kier alpha value is -0.850. The van der Waals surface area contributed by atoms with Gasteiger partial charge in [-0.2, -0.15) is 0 Å². The zero-order valence-electron chi connectivity index (χ0n) is 11.4. The number of carbonyl (C=O) groups is 2. The number of rotatable bonds is 2. The zero-order valence-corrected chi connectivity index (χ0v) is 12.2. The number of nitrogens with two attached hydrogens (primary N) is 1. The van der Waals surface area contributed by atoms with Crippen molar-refractivity contribution in [3.63, 3.8) is 0 Å². The Bertz CT molecular complexity index is 332. The highest BCUT2D eigenvalue weighted by atomic mass is 35.5. The smallest absolute Gasteiger partial charge is 0.236 e. The lowest BCUT2D eigenvalue weighted by Crippen LogP contribution is -2.52. The van der Waals surface area contributed by atoms with Crippen LogP contribution in [-0.2, 0) is 9.59 Å². The van der Waals surface area contributed by atoms with Crippen molar-refractivity contribution < 1.29 is 9.59 Å². The Balaban J connectivity index is 0.00000180. The van der Waals surface area contributed by atoms with Gasteiger partial charge in [0, 0.05) is 52.2 Å². The van der Waals surface area contributed by atoms with Crippen molar-refractivity contribution in [3.8, 4) is 0 Å². The lowest BCUT2D eigenvalue weighted by Gasteiger charge is -2.35. The highest BCUT2D eigenvalue weighted by Crippen LogP contribution is 2.08. The molecule has 6 nitrogen and oxygen atoms in total. The van der Waals surface area contributed by atoms with Gasteiger partial charge in [-0.05, 0) is 6.42 Å². The molecule has 0 aliphatic carbocycles. The van der Waals surface area contributed by atoms with Gasteiger partial charge in [0.05, 0.1) is 6.54 Å². The first-order chi connectivity index (χ1) is 8.56. The molecule has 2 fully saturated rings. The summed E-state index contributed by atoms with van der Waals surface area (Å²) in [4.78, 5) is 29.0. The van der Waals surface area contributed by atoms with E-state index in [1.165, 1.54) is 0 Å². The van der Waals surface area contributed by atoms with Crippen molar-refractivity contribution in [3.05, 3.63) is 0 Å². The first kappa shape index (κ1) is 16.2. The van der Waals surface area contributed by atoms with Gasteiger partial charge in [0.25, 0.3) is 0 Å². The van der Waals surface area contributed by atoms with Crippen molar-refractivity contribution in [1.29, 1.82) is 0 Å². The predicted octanol–water partition coefficient (Wildman–Crippen LogP) is -0.868. The molecule has 1 atom stereocenters. The molecule has 110 valence electrons. The van der Waals surface area contributed by atoms with Gasteiger partial charge < -0.3 is 15.5 Å². The standard InChI is InChI=1S/C12H22N4O2.ClH/c1-10(17)15-4-6-16(7-5-15)12(18)9-14-3-2-11(13)8-14;/h11H,2-9,13H2,1H3;1H/t11-;/m1./s1. The average molecular weight is 291 g/mol. The maximum absolute atomic E-state index is 12.1. The molecule has 0 saturated carbocycles. The Morgan fingerprint density at radius 2 is 1.68 bits per heavy atom. The second kappa shape index (κ2) is 7.07. The summed E-state index contributed by atoms with van der Waals surface area (Å²) in [5.41, 5.74) is 5.82. The Morgan fingerprint density at radius 1 is 1.11 bits per heavy atom. The highest BCUT2D eigenvalue weighted by molar-refractivity contribution is 5.85. The summed E-state index contributed by atoms with van der Waals surface area (Å²) < 4.78 is 0. The number of piperazine rings is 1. The number of halogens is 1. The van der Waals surface area contributed by atoms with Crippen LogP contribution in [0.25, 0.3) is 0 Å². The van der Waals surface area contributed by atoms with Gasteiger partial charge in [-0.3, -0.25) is 14.5 Å². The van der Waals surface area contributed by atoms with Crippen molar-refractivity contribution in [1.82, 2.24) is 14.7 Å². The van der Waals surface area contributed by atoms with Gasteiger partial charge in [0.2, 0.25) is 11.8 Å². The van der Waals surface area contributed by atoms with E-state index in [9.17, 15) is 9.59 Å². The summed E-state index contributed by atoms with van der Waals surface area (Å²) in [6, 6.07) is 0.215. The molecule has 2 N–H and O–H groups in total. The fourth-order valence-electron chi connectivity index (χ4n) is 2.57. The fraction of sp³-hybridized carbons (Fsp3) is 0.833. The number of nitrogens with zero attached hydrogens (tertiary/aromatic N) is 3. The summed E-state index contributed by atoms with van der Waals surface area (Å²) in [5, 5.41) is 0. The van der Waals surface area contributed by atoms with E-state index in [2.05, 4.69) is 4.90 Å². The van der Waals surface area contributed by atoms with E-state index in [-0.39, 0.29) is 30.3 Å². The third kappa shape index (κ3) is 4.33. The summed E-state index contributed by atoms with van der Waals surface area (Å²) in [6.45, 7) is 6.38. The van der Waals surface area contributed by atoms with Crippen LogP contribution in [0.15, 0.2) is 0 Å². The summed E-state index contributed by atoms with van der Waals surface area (Å²) in [5.74, 6) is 0.250. The Kier molecular flexibility index (Phi) is 6.03. The largest absolute Gasteiger partial charge is 0.339 e. The Morgan fingerprint density at radius 3 is 2.16 bits per heavy atom. The molecule has 0 radical (unpaired) electrons. The molecule has 0 aromatic heterocycles. The SMILES string of the molecule is CC(=O)N1CCN(C(=O)CN2CC[C@@H](N)C2)CC1.Cl. The minimum atomic E-state index is 0. The van der Waals surface area contributed by atoms with Crippen LogP contribution in [0.2, 0.25) is 0 Å². The maximum atomic E-state index is 12.1. The molecular weight excluding hydrogens is 268 g/mol. The molecule has 7 heteroatoms. The monoisotopic (exact) mass is 290 g/mol. The van der Waals surface area contributed by atoms with Crippen molar-refractivity contribution in [2.24, 2.45) is 5.73 Å². The second-order valence-corrected chi connectivity index (χ2v) is 5.17. The Labute approximate surface area is 120 Å². The summed E-state index contributed by atoms with van der Waals surface area (Å²) >= 11 is 0. The summed E-state index contributed by atoms with van der Waals surface area (Å²) in [7, 11) is 0. The van der Waals surface area contributed by atoms with Gasteiger partial charge in [0.1, 0.15) is 0 Å². The van der Waals surface area contributed by atoms with E-state index in [4.69, 9.17) is 5.73 Å². The highest BCUT2D eigenvalue weighted by Gasteiger charge is 2.26.